The molecule has 1 aliphatic heterocycles. The molecule has 4 heteroatoms. The van der Waals surface area contributed by atoms with Crippen molar-refractivity contribution in [2.24, 2.45) is 0 Å². The minimum atomic E-state index is -0.616. The lowest BCUT2D eigenvalue weighted by atomic mass is 9.67. The lowest BCUT2D eigenvalue weighted by Crippen LogP contribution is -2.29. The lowest BCUT2D eigenvalue weighted by molar-refractivity contribution is 0.360. The second kappa shape index (κ2) is 10.9. The monoisotopic (exact) mass is 619 g/mol. The fourth-order valence-corrected chi connectivity index (χ4v) is 7.37. The summed E-state index contributed by atoms with van der Waals surface area (Å²) in [6.45, 7) is 8.29. The molecule has 1 unspecified atom stereocenters. The van der Waals surface area contributed by atoms with Crippen molar-refractivity contribution in [2.75, 3.05) is 0 Å². The van der Waals surface area contributed by atoms with Crippen LogP contribution in [0.5, 0.6) is 23.0 Å². The average Bonchev–Trinajstić information content (AvgIpc) is 3.70. The molecule has 48 heavy (non-hydrogen) atoms. The van der Waals surface area contributed by atoms with Crippen LogP contribution in [0, 0.1) is 0 Å². The van der Waals surface area contributed by atoms with Crippen LogP contribution < -0.4 is 9.47 Å². The molecule has 4 nitrogen and oxygen atoms in total. The number of oxazole rings is 1. The smallest absolute Gasteiger partial charge is 0.227 e. The maximum absolute atomic E-state index is 6.79. The molecule has 0 radical (unpaired) electrons. The normalized spacial score (nSPS) is 15.8. The molecule has 0 saturated heterocycles. The van der Waals surface area contributed by atoms with Gasteiger partial charge in [-0.25, -0.2) is 4.98 Å². The molecular formula is C44H29NO3. The summed E-state index contributed by atoms with van der Waals surface area (Å²) in [4.78, 5) is 4.71. The molecule has 0 spiro atoms. The zero-order chi connectivity index (χ0) is 32.2. The van der Waals surface area contributed by atoms with Crippen LogP contribution in [0.3, 0.4) is 0 Å². The van der Waals surface area contributed by atoms with Crippen LogP contribution in [-0.2, 0) is 5.41 Å². The van der Waals surface area contributed by atoms with Gasteiger partial charge in [0.15, 0.2) is 28.6 Å². The second-order valence-corrected chi connectivity index (χ2v) is 12.0. The van der Waals surface area contributed by atoms with Gasteiger partial charge in [0.25, 0.3) is 0 Å². The van der Waals surface area contributed by atoms with Gasteiger partial charge in [-0.15, -0.1) is 0 Å². The summed E-state index contributed by atoms with van der Waals surface area (Å²) < 4.78 is 19.6. The SMILES string of the molecule is C=C/C=C(\C=C)C1(c2ccccc2)c2ccccc2-c2cc3c(cc21)Oc1cccc(-c2cccc(-c4nc5ccccc5o4)c2)c1O3. The van der Waals surface area contributed by atoms with E-state index >= 15 is 0 Å². The van der Waals surface area contributed by atoms with Gasteiger partial charge in [-0.3, -0.25) is 0 Å². The number of hydrogen-bond donors (Lipinski definition) is 0. The zero-order valence-electron chi connectivity index (χ0n) is 26.0. The summed E-state index contributed by atoms with van der Waals surface area (Å²) in [7, 11) is 0. The molecule has 1 aliphatic carbocycles. The number of ether oxygens (including phenoxy) is 2. The van der Waals surface area contributed by atoms with Crippen molar-refractivity contribution in [3.63, 3.8) is 0 Å². The average molecular weight is 620 g/mol. The number of aromatic nitrogens is 1. The molecule has 0 fully saturated rings. The van der Waals surface area contributed by atoms with Crippen LogP contribution in [0.1, 0.15) is 16.7 Å². The quantitative estimate of drug-likeness (QED) is 0.174. The minimum absolute atomic E-state index is 0.575. The summed E-state index contributed by atoms with van der Waals surface area (Å²) in [6.07, 6.45) is 5.82. The Morgan fingerprint density at radius 2 is 1.35 bits per heavy atom. The summed E-state index contributed by atoms with van der Waals surface area (Å²) >= 11 is 0. The zero-order valence-corrected chi connectivity index (χ0v) is 26.0. The first-order chi connectivity index (χ1) is 23.7. The van der Waals surface area contributed by atoms with E-state index in [0.29, 0.717) is 28.9 Å². The Bertz CT molecular complexity index is 2420. The van der Waals surface area contributed by atoms with Gasteiger partial charge in [0.2, 0.25) is 5.89 Å². The topological polar surface area (TPSA) is 44.5 Å². The maximum Gasteiger partial charge on any atom is 0.227 e. The van der Waals surface area contributed by atoms with E-state index < -0.39 is 5.41 Å². The number of rotatable bonds is 6. The number of nitrogens with zero attached hydrogens (tertiary/aromatic N) is 1. The lowest BCUT2D eigenvalue weighted by Gasteiger charge is -2.35. The third kappa shape index (κ3) is 4.06. The van der Waals surface area contributed by atoms with Crippen molar-refractivity contribution in [1.82, 2.24) is 4.98 Å². The van der Waals surface area contributed by atoms with Crippen LogP contribution >= 0.6 is 0 Å². The van der Waals surface area contributed by atoms with Crippen LogP contribution in [0.2, 0.25) is 0 Å². The van der Waals surface area contributed by atoms with Crippen LogP contribution in [0.25, 0.3) is 44.8 Å². The Kier molecular flexibility index (Phi) is 6.31. The van der Waals surface area contributed by atoms with E-state index in [1.54, 1.807) is 0 Å². The summed E-state index contributed by atoms with van der Waals surface area (Å²) in [5.74, 6) is 3.21. The number of allylic oxidation sites excluding steroid dienone is 4. The number of fused-ring (bicyclic) bond motifs is 6. The fraction of sp³-hybridized carbons (Fsp3) is 0.0227. The van der Waals surface area contributed by atoms with Crippen molar-refractivity contribution < 1.29 is 13.9 Å². The third-order valence-corrected chi connectivity index (χ3v) is 9.39. The van der Waals surface area contributed by atoms with Crippen molar-refractivity contribution in [3.8, 4) is 56.7 Å². The highest BCUT2D eigenvalue weighted by atomic mass is 16.6. The number of benzene rings is 6. The van der Waals surface area contributed by atoms with E-state index in [2.05, 4.69) is 98.1 Å². The first-order valence-electron chi connectivity index (χ1n) is 15.9. The molecule has 9 rings (SSSR count). The van der Waals surface area contributed by atoms with Crippen molar-refractivity contribution in [2.45, 2.75) is 5.41 Å². The van der Waals surface area contributed by atoms with Crippen LogP contribution in [-0.4, -0.2) is 4.98 Å². The Labute approximate surface area is 278 Å². The summed E-state index contributed by atoms with van der Waals surface area (Å²) in [5, 5.41) is 0. The Morgan fingerprint density at radius 1 is 0.604 bits per heavy atom. The molecule has 2 heterocycles. The van der Waals surface area contributed by atoms with Gasteiger partial charge < -0.3 is 13.9 Å². The largest absolute Gasteiger partial charge is 0.449 e. The van der Waals surface area contributed by atoms with Gasteiger partial charge >= 0.3 is 0 Å². The van der Waals surface area contributed by atoms with Crippen LogP contribution in [0.15, 0.2) is 175 Å². The fourth-order valence-electron chi connectivity index (χ4n) is 7.37. The first-order valence-corrected chi connectivity index (χ1v) is 15.9. The van der Waals surface area contributed by atoms with E-state index in [0.717, 1.165) is 55.6 Å². The van der Waals surface area contributed by atoms with E-state index in [9.17, 15) is 0 Å². The molecule has 0 N–H and O–H groups in total. The summed E-state index contributed by atoms with van der Waals surface area (Å²) in [5.41, 5.74) is 10.4. The maximum atomic E-state index is 6.79. The number of hydrogen-bond acceptors (Lipinski definition) is 4. The Hall–Kier alpha value is -6.39. The second-order valence-electron chi connectivity index (χ2n) is 12.0. The predicted molar refractivity (Wildman–Crippen MR) is 192 cm³/mol. The molecule has 2 aliphatic rings. The minimum Gasteiger partial charge on any atom is -0.449 e. The van der Waals surface area contributed by atoms with Gasteiger partial charge in [0.1, 0.15) is 5.52 Å². The van der Waals surface area contributed by atoms with E-state index in [4.69, 9.17) is 18.9 Å². The van der Waals surface area contributed by atoms with Gasteiger partial charge in [0.05, 0.1) is 5.41 Å². The van der Waals surface area contributed by atoms with Gasteiger partial charge in [-0.2, -0.15) is 0 Å². The Morgan fingerprint density at radius 3 is 2.21 bits per heavy atom. The third-order valence-electron chi connectivity index (χ3n) is 9.39. The van der Waals surface area contributed by atoms with Crippen molar-refractivity contribution >= 4 is 11.1 Å². The highest BCUT2D eigenvalue weighted by molar-refractivity contribution is 5.89. The molecule has 6 aromatic carbocycles. The molecular weight excluding hydrogens is 590 g/mol. The molecule has 0 saturated carbocycles. The highest BCUT2D eigenvalue weighted by Crippen LogP contribution is 2.60. The predicted octanol–water partition coefficient (Wildman–Crippen LogP) is 11.7. The van der Waals surface area contributed by atoms with Crippen LogP contribution in [0.4, 0.5) is 0 Å². The van der Waals surface area contributed by atoms with E-state index in [1.165, 1.54) is 5.56 Å². The first kappa shape index (κ1) is 27.9. The van der Waals surface area contributed by atoms with E-state index in [1.807, 2.05) is 66.7 Å². The molecule has 0 amide bonds. The molecule has 228 valence electrons. The molecule has 0 bridgehead atoms. The molecule has 1 aromatic heterocycles. The standard InChI is InChI=1S/C44H29NO3/c1-3-14-30(4-2)44(31-17-6-5-7-18-31)35-21-9-8-19-33(35)34-26-40-41(27-36(34)44)46-39-24-13-20-32(42(39)47-40)28-15-12-16-29(25-28)43-45-37-22-10-11-23-38(37)48-43/h3-27H,1-2H2/b30-14+. The van der Waals surface area contributed by atoms with E-state index in [-0.39, 0.29) is 0 Å². The van der Waals surface area contributed by atoms with Gasteiger partial charge in [0, 0.05) is 11.1 Å². The van der Waals surface area contributed by atoms with Crippen molar-refractivity contribution in [1.29, 1.82) is 0 Å². The van der Waals surface area contributed by atoms with Gasteiger partial charge in [-0.1, -0.05) is 122 Å². The highest BCUT2D eigenvalue weighted by Gasteiger charge is 2.47. The Balaban J connectivity index is 1.19. The van der Waals surface area contributed by atoms with Gasteiger partial charge in [-0.05, 0) is 81.4 Å². The van der Waals surface area contributed by atoms with Crippen molar-refractivity contribution in [3.05, 3.63) is 187 Å². The summed E-state index contributed by atoms with van der Waals surface area (Å²) in [6, 6.07) is 45.4. The number of para-hydroxylation sites is 3. The molecule has 1 atom stereocenters. The molecule has 7 aromatic rings.